The highest BCUT2D eigenvalue weighted by molar-refractivity contribution is 7.08. The summed E-state index contributed by atoms with van der Waals surface area (Å²) in [5.41, 5.74) is 1.11. The Kier molecular flexibility index (Phi) is 2.55. The van der Waals surface area contributed by atoms with Crippen molar-refractivity contribution in [1.82, 2.24) is 9.59 Å². The highest BCUT2D eigenvalue weighted by Gasteiger charge is 2.14. The Labute approximate surface area is 89.7 Å². The van der Waals surface area contributed by atoms with Gasteiger partial charge >= 0.3 is 0 Å². The largest absolute Gasteiger partial charge is 0.288 e. The molecule has 0 atom stereocenters. The molecule has 0 saturated carbocycles. The van der Waals surface area contributed by atoms with Crippen molar-refractivity contribution in [3.05, 3.63) is 46.2 Å². The molecule has 0 spiro atoms. The molecule has 0 amide bonds. The van der Waals surface area contributed by atoms with Gasteiger partial charge in [-0.25, -0.2) is 4.39 Å². The molecule has 0 bridgehead atoms. The molecular weight excluding hydrogens is 215 g/mol. The van der Waals surface area contributed by atoms with Crippen molar-refractivity contribution in [2.75, 3.05) is 0 Å². The Hall–Kier alpha value is -1.62. The first-order chi connectivity index (χ1) is 7.18. The molecule has 15 heavy (non-hydrogen) atoms. The number of benzene rings is 1. The fourth-order valence-electron chi connectivity index (χ4n) is 1.28. The van der Waals surface area contributed by atoms with Gasteiger partial charge < -0.3 is 0 Å². The Morgan fingerprint density at radius 1 is 1.47 bits per heavy atom. The lowest BCUT2D eigenvalue weighted by molar-refractivity contribution is 0.104. The summed E-state index contributed by atoms with van der Waals surface area (Å²) in [5.74, 6) is -0.506. The van der Waals surface area contributed by atoms with Crippen molar-refractivity contribution in [1.29, 1.82) is 0 Å². The van der Waals surface area contributed by atoms with Gasteiger partial charge in [0.2, 0.25) is 5.78 Å². The lowest BCUT2D eigenvalue weighted by Gasteiger charge is -2.01. The van der Waals surface area contributed by atoms with Gasteiger partial charge in [-0.05, 0) is 42.2 Å². The lowest BCUT2D eigenvalue weighted by atomic mass is 10.0. The smallest absolute Gasteiger partial charge is 0.206 e. The third-order valence-electron chi connectivity index (χ3n) is 2.02. The summed E-state index contributed by atoms with van der Waals surface area (Å²) in [5, 5.41) is 3.59. The van der Waals surface area contributed by atoms with Gasteiger partial charge in [-0.1, -0.05) is 4.49 Å². The lowest BCUT2D eigenvalue weighted by Crippen LogP contribution is -2.01. The number of halogens is 1. The van der Waals surface area contributed by atoms with E-state index in [2.05, 4.69) is 9.59 Å². The molecule has 0 saturated heterocycles. The predicted octanol–water partition coefficient (Wildman–Crippen LogP) is 2.22. The van der Waals surface area contributed by atoms with Crippen molar-refractivity contribution in [2.24, 2.45) is 0 Å². The van der Waals surface area contributed by atoms with Gasteiger partial charge in [-0.2, -0.15) is 0 Å². The van der Waals surface area contributed by atoms with Crippen LogP contribution in [-0.4, -0.2) is 15.4 Å². The molecule has 1 aromatic heterocycles. The zero-order chi connectivity index (χ0) is 10.8. The van der Waals surface area contributed by atoms with Crippen LogP contribution in [0.2, 0.25) is 0 Å². The number of carbonyl (C=O) groups excluding carboxylic acids is 1. The van der Waals surface area contributed by atoms with Crippen LogP contribution in [0, 0.1) is 12.7 Å². The molecule has 1 aromatic carbocycles. The SMILES string of the molecule is Cc1cc(F)ccc1C(=O)c1cnns1. The quantitative estimate of drug-likeness (QED) is 0.732. The fourth-order valence-corrected chi connectivity index (χ4v) is 1.75. The van der Waals surface area contributed by atoms with E-state index in [-0.39, 0.29) is 11.6 Å². The van der Waals surface area contributed by atoms with Gasteiger partial charge in [0.05, 0.1) is 6.20 Å². The average molecular weight is 222 g/mol. The number of hydrogen-bond donors (Lipinski definition) is 0. The molecule has 0 unspecified atom stereocenters. The van der Waals surface area contributed by atoms with E-state index in [0.717, 1.165) is 11.5 Å². The Balaban J connectivity index is 2.42. The molecule has 0 aliphatic heterocycles. The van der Waals surface area contributed by atoms with Crippen molar-refractivity contribution < 1.29 is 9.18 Å². The first-order valence-electron chi connectivity index (χ1n) is 4.26. The predicted molar refractivity (Wildman–Crippen MR) is 54.5 cm³/mol. The van der Waals surface area contributed by atoms with Crippen molar-refractivity contribution >= 4 is 17.3 Å². The zero-order valence-electron chi connectivity index (χ0n) is 7.90. The molecule has 2 rings (SSSR count). The van der Waals surface area contributed by atoms with E-state index in [0.29, 0.717) is 16.0 Å². The molecule has 5 heteroatoms. The van der Waals surface area contributed by atoms with Gasteiger partial charge in [-0.3, -0.25) is 4.79 Å². The Morgan fingerprint density at radius 2 is 2.27 bits per heavy atom. The summed E-state index contributed by atoms with van der Waals surface area (Å²) in [6, 6.07) is 4.09. The summed E-state index contributed by atoms with van der Waals surface area (Å²) in [7, 11) is 0. The number of nitrogens with zero attached hydrogens (tertiary/aromatic N) is 2. The van der Waals surface area contributed by atoms with Gasteiger partial charge in [0.25, 0.3) is 0 Å². The van der Waals surface area contributed by atoms with E-state index >= 15 is 0 Å². The van der Waals surface area contributed by atoms with Crippen molar-refractivity contribution in [3.63, 3.8) is 0 Å². The number of hydrogen-bond acceptors (Lipinski definition) is 4. The third kappa shape index (κ3) is 1.92. The van der Waals surface area contributed by atoms with Crippen LogP contribution in [0.1, 0.15) is 20.8 Å². The monoisotopic (exact) mass is 222 g/mol. The Bertz CT molecular complexity index is 496. The minimum atomic E-state index is -0.341. The van der Waals surface area contributed by atoms with Crippen molar-refractivity contribution in [2.45, 2.75) is 6.92 Å². The molecule has 0 N–H and O–H groups in total. The number of aryl methyl sites for hydroxylation is 1. The normalized spacial score (nSPS) is 10.3. The van der Waals surface area contributed by atoms with E-state index < -0.39 is 0 Å². The van der Waals surface area contributed by atoms with Gasteiger partial charge in [0.15, 0.2) is 0 Å². The van der Waals surface area contributed by atoms with Crippen LogP contribution >= 0.6 is 11.5 Å². The minimum Gasteiger partial charge on any atom is -0.288 e. The summed E-state index contributed by atoms with van der Waals surface area (Å²) in [6.07, 6.45) is 1.41. The highest BCUT2D eigenvalue weighted by atomic mass is 32.1. The van der Waals surface area contributed by atoms with Gasteiger partial charge in [-0.15, -0.1) is 5.10 Å². The molecule has 0 aliphatic rings. The van der Waals surface area contributed by atoms with E-state index in [9.17, 15) is 9.18 Å². The second-order valence-electron chi connectivity index (χ2n) is 3.07. The molecular formula is C10H7FN2OS. The second kappa shape index (κ2) is 3.86. The minimum absolute atomic E-state index is 0.164. The van der Waals surface area contributed by atoms with E-state index in [4.69, 9.17) is 0 Å². The maximum atomic E-state index is 12.8. The van der Waals surface area contributed by atoms with Crippen LogP contribution in [0.4, 0.5) is 4.39 Å². The molecule has 76 valence electrons. The van der Waals surface area contributed by atoms with Crippen LogP contribution in [0.3, 0.4) is 0 Å². The van der Waals surface area contributed by atoms with Crippen LogP contribution in [0.5, 0.6) is 0 Å². The number of aromatic nitrogens is 2. The summed E-state index contributed by atoms with van der Waals surface area (Å²) >= 11 is 1.03. The van der Waals surface area contributed by atoms with Crippen LogP contribution in [0.25, 0.3) is 0 Å². The van der Waals surface area contributed by atoms with Crippen LogP contribution in [0.15, 0.2) is 24.4 Å². The maximum Gasteiger partial charge on any atom is 0.206 e. The number of carbonyl (C=O) groups is 1. The van der Waals surface area contributed by atoms with Gasteiger partial charge in [0.1, 0.15) is 10.7 Å². The third-order valence-corrected chi connectivity index (χ3v) is 2.68. The van der Waals surface area contributed by atoms with Crippen molar-refractivity contribution in [3.8, 4) is 0 Å². The maximum absolute atomic E-state index is 12.8. The Morgan fingerprint density at radius 3 is 2.87 bits per heavy atom. The molecule has 3 nitrogen and oxygen atoms in total. The van der Waals surface area contributed by atoms with Crippen LogP contribution in [-0.2, 0) is 0 Å². The number of rotatable bonds is 2. The second-order valence-corrected chi connectivity index (χ2v) is 3.86. The van der Waals surface area contributed by atoms with Crippen LogP contribution < -0.4 is 0 Å². The summed E-state index contributed by atoms with van der Waals surface area (Å²) < 4.78 is 16.4. The molecule has 0 fully saturated rings. The highest BCUT2D eigenvalue weighted by Crippen LogP contribution is 2.16. The summed E-state index contributed by atoms with van der Waals surface area (Å²) in [4.78, 5) is 12.3. The van der Waals surface area contributed by atoms with E-state index in [1.165, 1.54) is 24.4 Å². The molecule has 0 aliphatic carbocycles. The topological polar surface area (TPSA) is 42.9 Å². The molecule has 1 heterocycles. The number of ketones is 1. The first-order valence-corrected chi connectivity index (χ1v) is 5.04. The molecule has 2 aromatic rings. The van der Waals surface area contributed by atoms with E-state index in [1.807, 2.05) is 0 Å². The summed E-state index contributed by atoms with van der Waals surface area (Å²) in [6.45, 7) is 1.70. The zero-order valence-corrected chi connectivity index (χ0v) is 8.71. The average Bonchev–Trinajstić information content (AvgIpc) is 2.69. The van der Waals surface area contributed by atoms with E-state index in [1.54, 1.807) is 6.92 Å². The first kappa shape index (κ1) is 9.92. The fraction of sp³-hybridized carbons (Fsp3) is 0.100. The molecule has 0 radical (unpaired) electrons. The standard InChI is InChI=1S/C10H7FN2OS/c1-6-4-7(11)2-3-8(6)10(14)9-5-12-13-15-9/h2-5H,1H3. The van der Waals surface area contributed by atoms with Gasteiger partial charge in [0, 0.05) is 5.56 Å².